The van der Waals surface area contributed by atoms with E-state index in [0.29, 0.717) is 0 Å². The maximum absolute atomic E-state index is 11.3. The first-order valence-corrected chi connectivity index (χ1v) is 6.21. The van der Waals surface area contributed by atoms with Crippen LogP contribution in [0, 0.1) is 0 Å². The highest BCUT2D eigenvalue weighted by atomic mass is 32.2. The third-order valence-corrected chi connectivity index (χ3v) is 2.93. The van der Waals surface area contributed by atoms with Crippen molar-refractivity contribution in [3.8, 4) is 0 Å². The van der Waals surface area contributed by atoms with E-state index in [2.05, 4.69) is 22.7 Å². The van der Waals surface area contributed by atoms with Gasteiger partial charge in [0.25, 0.3) is 5.24 Å². The minimum absolute atomic E-state index is 0.0632. The Hall–Kier alpha value is -0.270. The molecule has 0 radical (unpaired) electrons. The standard InChI is InChI=1S/C7H16N2O3S2/c1-7(2,3)9-14(11,12)5-4-8-6(10)13/h9H,4-5H2,1-3H3,(H2,8,10,13). The molecule has 0 aliphatic carbocycles. The summed E-state index contributed by atoms with van der Waals surface area (Å²) in [5.41, 5.74) is -0.496. The Bertz CT molecular complexity index is 293. The quantitative estimate of drug-likeness (QED) is 0.620. The Morgan fingerprint density at radius 3 is 2.21 bits per heavy atom. The highest BCUT2D eigenvalue weighted by Crippen LogP contribution is 2.01. The van der Waals surface area contributed by atoms with Crippen LogP contribution in [0.5, 0.6) is 0 Å². The van der Waals surface area contributed by atoms with Gasteiger partial charge in [-0.3, -0.25) is 4.79 Å². The average Bonchev–Trinajstić information content (AvgIpc) is 1.78. The van der Waals surface area contributed by atoms with Gasteiger partial charge in [0.15, 0.2) is 0 Å². The molecule has 0 aliphatic heterocycles. The van der Waals surface area contributed by atoms with Crippen LogP contribution in [-0.2, 0) is 10.0 Å². The second kappa shape index (κ2) is 4.99. The zero-order valence-electron chi connectivity index (χ0n) is 8.49. The van der Waals surface area contributed by atoms with Crippen molar-refractivity contribution in [3.05, 3.63) is 0 Å². The molecular formula is C7H16N2O3S2. The summed E-state index contributed by atoms with van der Waals surface area (Å²) in [4.78, 5) is 10.4. The van der Waals surface area contributed by atoms with Crippen molar-refractivity contribution in [2.75, 3.05) is 12.3 Å². The van der Waals surface area contributed by atoms with Gasteiger partial charge in [0.2, 0.25) is 10.0 Å². The van der Waals surface area contributed by atoms with Crippen molar-refractivity contribution in [2.24, 2.45) is 0 Å². The second-order valence-corrected chi connectivity index (χ2v) is 6.15. The first-order valence-electron chi connectivity index (χ1n) is 4.11. The number of nitrogens with one attached hydrogen (secondary N) is 2. The van der Waals surface area contributed by atoms with Crippen LogP contribution in [0.25, 0.3) is 0 Å². The van der Waals surface area contributed by atoms with Crippen LogP contribution in [0.3, 0.4) is 0 Å². The van der Waals surface area contributed by atoms with Crippen LogP contribution in [-0.4, -0.2) is 31.5 Å². The second-order valence-electron chi connectivity index (χ2n) is 3.90. The minimum atomic E-state index is -3.33. The topological polar surface area (TPSA) is 75.3 Å². The van der Waals surface area contributed by atoms with Crippen molar-refractivity contribution in [2.45, 2.75) is 26.3 Å². The van der Waals surface area contributed by atoms with Crippen molar-refractivity contribution >= 4 is 27.9 Å². The zero-order valence-corrected chi connectivity index (χ0v) is 10.2. The first kappa shape index (κ1) is 13.7. The molecule has 0 saturated carbocycles. The molecule has 0 bridgehead atoms. The lowest BCUT2D eigenvalue weighted by Crippen LogP contribution is -2.43. The molecule has 0 heterocycles. The molecule has 0 aliphatic rings. The number of amides is 1. The van der Waals surface area contributed by atoms with Crippen LogP contribution < -0.4 is 10.0 Å². The fourth-order valence-electron chi connectivity index (χ4n) is 0.810. The molecule has 2 N–H and O–H groups in total. The van der Waals surface area contributed by atoms with E-state index in [9.17, 15) is 13.2 Å². The van der Waals surface area contributed by atoms with Crippen LogP contribution >= 0.6 is 12.6 Å². The maximum atomic E-state index is 11.3. The van der Waals surface area contributed by atoms with Crippen LogP contribution in [0.2, 0.25) is 0 Å². The molecule has 0 saturated heterocycles. The Morgan fingerprint density at radius 1 is 1.36 bits per heavy atom. The summed E-state index contributed by atoms with van der Waals surface area (Å²) in [6.07, 6.45) is 0. The molecular weight excluding hydrogens is 224 g/mol. The largest absolute Gasteiger partial charge is 0.346 e. The molecule has 0 rings (SSSR count). The van der Waals surface area contributed by atoms with Gasteiger partial charge in [-0.1, -0.05) is 12.6 Å². The van der Waals surface area contributed by atoms with Crippen molar-refractivity contribution in [1.82, 2.24) is 10.0 Å². The number of carbonyl (C=O) groups is 1. The van der Waals surface area contributed by atoms with E-state index in [1.54, 1.807) is 20.8 Å². The number of hydrogen-bond acceptors (Lipinski definition) is 3. The number of carbonyl (C=O) groups excluding carboxylic acids is 1. The molecule has 0 aromatic rings. The third-order valence-electron chi connectivity index (χ3n) is 1.11. The average molecular weight is 240 g/mol. The van der Waals surface area contributed by atoms with Gasteiger partial charge >= 0.3 is 0 Å². The van der Waals surface area contributed by atoms with E-state index in [1.165, 1.54) is 0 Å². The van der Waals surface area contributed by atoms with Crippen molar-refractivity contribution in [3.63, 3.8) is 0 Å². The molecule has 5 nitrogen and oxygen atoms in total. The summed E-state index contributed by atoms with van der Waals surface area (Å²) < 4.78 is 25.1. The fraction of sp³-hybridized carbons (Fsp3) is 0.857. The highest BCUT2D eigenvalue weighted by molar-refractivity contribution is 7.96. The minimum Gasteiger partial charge on any atom is -0.346 e. The van der Waals surface area contributed by atoms with Crippen LogP contribution in [0.4, 0.5) is 4.79 Å². The van der Waals surface area contributed by atoms with Gasteiger partial charge in [-0.25, -0.2) is 13.1 Å². The Kier molecular flexibility index (Phi) is 4.90. The molecule has 0 spiro atoms. The lowest BCUT2D eigenvalue weighted by molar-refractivity contribution is 0.261. The van der Waals surface area contributed by atoms with E-state index < -0.39 is 20.8 Å². The van der Waals surface area contributed by atoms with Crippen LogP contribution in [0.1, 0.15) is 20.8 Å². The molecule has 84 valence electrons. The van der Waals surface area contributed by atoms with Gasteiger partial charge in [-0.2, -0.15) is 0 Å². The van der Waals surface area contributed by atoms with Crippen molar-refractivity contribution < 1.29 is 13.2 Å². The lowest BCUT2D eigenvalue weighted by Gasteiger charge is -2.20. The molecule has 0 unspecified atom stereocenters. The summed E-state index contributed by atoms with van der Waals surface area (Å²) in [6, 6.07) is 0. The zero-order chi connectivity index (χ0) is 11.4. The maximum Gasteiger partial charge on any atom is 0.276 e. The Morgan fingerprint density at radius 2 is 1.86 bits per heavy atom. The number of rotatable bonds is 4. The number of sulfonamides is 1. The Labute approximate surface area is 90.1 Å². The first-order chi connectivity index (χ1) is 6.12. The van der Waals surface area contributed by atoms with Crippen molar-refractivity contribution in [1.29, 1.82) is 0 Å². The third kappa shape index (κ3) is 8.33. The summed E-state index contributed by atoms with van der Waals surface area (Å²) in [5, 5.41) is 1.76. The molecule has 0 atom stereocenters. The molecule has 0 aromatic carbocycles. The number of hydrogen-bond donors (Lipinski definition) is 3. The molecule has 1 amide bonds. The van der Waals surface area contributed by atoms with Crippen LogP contribution in [0.15, 0.2) is 0 Å². The smallest absolute Gasteiger partial charge is 0.276 e. The van der Waals surface area contributed by atoms with Gasteiger partial charge in [0.1, 0.15) is 0 Å². The van der Waals surface area contributed by atoms with Gasteiger partial charge < -0.3 is 5.32 Å². The number of thiol groups is 1. The summed E-state index contributed by atoms with van der Waals surface area (Å²) in [7, 11) is -3.33. The van der Waals surface area contributed by atoms with Gasteiger partial charge in [-0.15, -0.1) is 0 Å². The van der Waals surface area contributed by atoms with Gasteiger partial charge in [0.05, 0.1) is 5.75 Å². The summed E-state index contributed by atoms with van der Waals surface area (Å²) in [5.74, 6) is -0.142. The van der Waals surface area contributed by atoms with E-state index in [1.807, 2.05) is 0 Å². The predicted octanol–water partition coefficient (Wildman–Crippen LogP) is 0.344. The lowest BCUT2D eigenvalue weighted by atomic mass is 10.1. The Balaban J connectivity index is 4.04. The molecule has 14 heavy (non-hydrogen) atoms. The molecule has 0 aromatic heterocycles. The van der Waals surface area contributed by atoms with Gasteiger partial charge in [0, 0.05) is 12.1 Å². The van der Waals surface area contributed by atoms with E-state index >= 15 is 0 Å². The monoisotopic (exact) mass is 240 g/mol. The normalized spacial score (nSPS) is 12.6. The van der Waals surface area contributed by atoms with E-state index in [0.717, 1.165) is 0 Å². The van der Waals surface area contributed by atoms with Gasteiger partial charge in [-0.05, 0) is 20.8 Å². The summed E-state index contributed by atoms with van der Waals surface area (Å²) in [6.45, 7) is 5.32. The molecule has 7 heteroatoms. The van der Waals surface area contributed by atoms with E-state index in [-0.39, 0.29) is 12.3 Å². The predicted molar refractivity (Wildman–Crippen MR) is 59.1 cm³/mol. The molecule has 0 fully saturated rings. The highest BCUT2D eigenvalue weighted by Gasteiger charge is 2.19. The fourth-order valence-corrected chi connectivity index (χ4v) is 2.33. The SMILES string of the molecule is CC(C)(C)NS(=O)(=O)CCNC(=O)S. The van der Waals surface area contributed by atoms with E-state index in [4.69, 9.17) is 0 Å². The summed E-state index contributed by atoms with van der Waals surface area (Å²) >= 11 is 3.45.